The van der Waals surface area contributed by atoms with Gasteiger partial charge in [-0.15, -0.1) is 0 Å². The minimum Gasteiger partial charge on any atom is -0.497 e. The largest absolute Gasteiger partial charge is 0.497 e. The van der Waals surface area contributed by atoms with Gasteiger partial charge in [-0.2, -0.15) is 0 Å². The van der Waals surface area contributed by atoms with Gasteiger partial charge in [-0.1, -0.05) is 66.4 Å². The summed E-state index contributed by atoms with van der Waals surface area (Å²) in [5, 5.41) is 11.0. The molecule has 4 aromatic rings. The maximum atomic E-state index is 11.0. The highest BCUT2D eigenvalue weighted by molar-refractivity contribution is 5.59. The normalized spacial score (nSPS) is 11.9. The standard InChI is InChI=1S/C34H35N3O4/c1-37(2)25-36-33-22-13-26(23-35-33)9-8-12-30(38)24-41-34(27-10-6-5-7-11-27,28-14-18-31(39-3)19-15-28)29-16-20-32(40-4)21-17-29/h5-7,10-11,13-23,25,30,38H,12,24H2,1-4H3. The lowest BCUT2D eigenvalue weighted by molar-refractivity contribution is -0.0363. The molecule has 41 heavy (non-hydrogen) atoms. The molecule has 0 aliphatic rings. The second-order valence-electron chi connectivity index (χ2n) is 9.59. The molecule has 4 rings (SSSR count). The van der Waals surface area contributed by atoms with Crippen LogP contribution >= 0.6 is 0 Å². The van der Waals surface area contributed by atoms with Gasteiger partial charge >= 0.3 is 0 Å². The number of aliphatic hydroxyl groups excluding tert-OH is 1. The summed E-state index contributed by atoms with van der Waals surface area (Å²) in [5.74, 6) is 8.21. The smallest absolute Gasteiger partial charge is 0.153 e. The highest BCUT2D eigenvalue weighted by Crippen LogP contribution is 2.41. The minimum atomic E-state index is -0.999. The van der Waals surface area contributed by atoms with E-state index in [1.165, 1.54) is 0 Å². The molecule has 0 fully saturated rings. The molecule has 7 heteroatoms. The van der Waals surface area contributed by atoms with Crippen molar-refractivity contribution in [2.45, 2.75) is 18.1 Å². The molecule has 3 aromatic carbocycles. The molecular formula is C34H35N3O4. The second kappa shape index (κ2) is 14.1. The summed E-state index contributed by atoms with van der Waals surface area (Å²) in [5.41, 5.74) is 2.47. The Labute approximate surface area is 242 Å². The number of aliphatic imine (C=N–C) groups is 1. The van der Waals surface area contributed by atoms with Crippen molar-refractivity contribution in [2.24, 2.45) is 4.99 Å². The average Bonchev–Trinajstić information content (AvgIpc) is 3.02. The Hall–Kier alpha value is -4.64. The molecule has 0 saturated carbocycles. The zero-order valence-corrected chi connectivity index (χ0v) is 23.8. The van der Waals surface area contributed by atoms with Crippen LogP contribution < -0.4 is 9.47 Å². The van der Waals surface area contributed by atoms with Gasteiger partial charge in [0.2, 0.25) is 0 Å². The molecule has 1 heterocycles. The van der Waals surface area contributed by atoms with Crippen molar-refractivity contribution in [2.75, 3.05) is 34.9 Å². The molecule has 1 N–H and O–H groups in total. The molecule has 0 saturated heterocycles. The van der Waals surface area contributed by atoms with Crippen LogP contribution in [0.15, 0.2) is 102 Å². The highest BCUT2D eigenvalue weighted by atomic mass is 16.5. The summed E-state index contributed by atoms with van der Waals surface area (Å²) >= 11 is 0. The average molecular weight is 550 g/mol. The number of aromatic nitrogens is 1. The van der Waals surface area contributed by atoms with Crippen LogP contribution in [0.1, 0.15) is 28.7 Å². The summed E-state index contributed by atoms with van der Waals surface area (Å²) in [6, 6.07) is 29.2. The molecule has 0 aliphatic carbocycles. The number of pyridine rings is 1. The molecular weight excluding hydrogens is 514 g/mol. The van der Waals surface area contributed by atoms with Crippen molar-refractivity contribution in [1.29, 1.82) is 0 Å². The predicted octanol–water partition coefficient (Wildman–Crippen LogP) is 5.43. The lowest BCUT2D eigenvalue weighted by atomic mass is 9.80. The number of hydrogen-bond donors (Lipinski definition) is 1. The molecule has 0 amide bonds. The fourth-order valence-electron chi connectivity index (χ4n) is 4.34. The van der Waals surface area contributed by atoms with Crippen LogP contribution in [0.3, 0.4) is 0 Å². The van der Waals surface area contributed by atoms with Gasteiger partial charge in [-0.3, -0.25) is 0 Å². The van der Waals surface area contributed by atoms with Crippen LogP contribution in [0.2, 0.25) is 0 Å². The van der Waals surface area contributed by atoms with Crippen LogP contribution in [-0.2, 0) is 10.3 Å². The van der Waals surface area contributed by atoms with E-state index in [0.29, 0.717) is 5.82 Å². The van der Waals surface area contributed by atoms with E-state index in [2.05, 4.69) is 21.8 Å². The number of hydrogen-bond acceptors (Lipinski definition) is 6. The number of aliphatic hydroxyl groups is 1. The fraction of sp³-hybridized carbons (Fsp3) is 0.235. The topological polar surface area (TPSA) is 76.4 Å². The maximum absolute atomic E-state index is 11.0. The number of benzene rings is 3. The summed E-state index contributed by atoms with van der Waals surface area (Å²) in [6.07, 6.45) is 2.78. The van der Waals surface area contributed by atoms with E-state index < -0.39 is 11.7 Å². The van der Waals surface area contributed by atoms with Gasteiger partial charge in [-0.05, 0) is 53.1 Å². The molecule has 0 aliphatic heterocycles. The molecule has 0 radical (unpaired) electrons. The van der Waals surface area contributed by atoms with E-state index in [9.17, 15) is 5.11 Å². The maximum Gasteiger partial charge on any atom is 0.153 e. The molecule has 1 unspecified atom stereocenters. The first-order valence-electron chi connectivity index (χ1n) is 13.3. The zero-order chi connectivity index (χ0) is 29.1. The van der Waals surface area contributed by atoms with E-state index in [1.54, 1.807) is 26.8 Å². The monoisotopic (exact) mass is 549 g/mol. The highest BCUT2D eigenvalue weighted by Gasteiger charge is 2.38. The molecule has 1 aromatic heterocycles. The van der Waals surface area contributed by atoms with Crippen molar-refractivity contribution in [1.82, 2.24) is 9.88 Å². The van der Waals surface area contributed by atoms with Crippen molar-refractivity contribution in [3.05, 3.63) is 119 Å². The summed E-state index contributed by atoms with van der Waals surface area (Å²) in [6.45, 7) is 0.0536. The fourth-order valence-corrected chi connectivity index (χ4v) is 4.34. The van der Waals surface area contributed by atoms with E-state index in [-0.39, 0.29) is 13.0 Å². The van der Waals surface area contributed by atoms with Crippen LogP contribution in [0, 0.1) is 11.8 Å². The zero-order valence-electron chi connectivity index (χ0n) is 23.8. The number of ether oxygens (including phenoxy) is 3. The Kier molecular flexibility index (Phi) is 10.1. The number of methoxy groups -OCH3 is 2. The van der Waals surface area contributed by atoms with Crippen LogP contribution in [0.5, 0.6) is 11.5 Å². The quantitative estimate of drug-likeness (QED) is 0.116. The Bertz CT molecular complexity index is 1410. The van der Waals surface area contributed by atoms with Crippen LogP contribution in [-0.4, -0.2) is 62.4 Å². The lowest BCUT2D eigenvalue weighted by Gasteiger charge is -2.36. The third-order valence-corrected chi connectivity index (χ3v) is 6.40. The van der Waals surface area contributed by atoms with E-state index in [0.717, 1.165) is 33.8 Å². The van der Waals surface area contributed by atoms with E-state index in [4.69, 9.17) is 14.2 Å². The molecule has 210 valence electrons. The van der Waals surface area contributed by atoms with Gasteiger partial charge < -0.3 is 24.2 Å². The summed E-state index contributed by atoms with van der Waals surface area (Å²) in [7, 11) is 7.08. The first kappa shape index (κ1) is 29.3. The predicted molar refractivity (Wildman–Crippen MR) is 162 cm³/mol. The van der Waals surface area contributed by atoms with Gasteiger partial charge in [0.25, 0.3) is 0 Å². The van der Waals surface area contributed by atoms with Gasteiger partial charge in [0.1, 0.15) is 17.1 Å². The number of nitrogens with zero attached hydrogens (tertiary/aromatic N) is 3. The van der Waals surface area contributed by atoms with Crippen molar-refractivity contribution >= 4 is 12.2 Å². The second-order valence-corrected chi connectivity index (χ2v) is 9.59. The van der Waals surface area contributed by atoms with Gasteiger partial charge in [-0.25, -0.2) is 9.98 Å². The molecule has 0 spiro atoms. The van der Waals surface area contributed by atoms with Crippen LogP contribution in [0.4, 0.5) is 5.82 Å². The van der Waals surface area contributed by atoms with Crippen molar-refractivity contribution in [3.8, 4) is 23.3 Å². The van der Waals surface area contributed by atoms with E-state index >= 15 is 0 Å². The van der Waals surface area contributed by atoms with Gasteiger partial charge in [0, 0.05) is 32.3 Å². The van der Waals surface area contributed by atoms with Crippen molar-refractivity contribution in [3.63, 3.8) is 0 Å². The molecule has 1 atom stereocenters. The summed E-state index contributed by atoms with van der Waals surface area (Å²) in [4.78, 5) is 10.4. The van der Waals surface area contributed by atoms with Crippen LogP contribution in [0.25, 0.3) is 0 Å². The Morgan fingerprint density at radius 3 is 1.95 bits per heavy atom. The Balaban J connectivity index is 1.59. The molecule has 0 bridgehead atoms. The molecule has 7 nitrogen and oxygen atoms in total. The minimum absolute atomic E-state index is 0.0536. The Morgan fingerprint density at radius 2 is 1.44 bits per heavy atom. The first-order valence-corrected chi connectivity index (χ1v) is 13.3. The third-order valence-electron chi connectivity index (χ3n) is 6.40. The SMILES string of the molecule is COc1ccc(C(OCC(O)CC#Cc2ccc(N=CN(C)C)nc2)(c2ccccc2)c2ccc(OC)cc2)cc1. The summed E-state index contributed by atoms with van der Waals surface area (Å²) < 4.78 is 17.5. The Morgan fingerprint density at radius 1 is 0.854 bits per heavy atom. The third kappa shape index (κ3) is 7.52. The lowest BCUT2D eigenvalue weighted by Crippen LogP contribution is -2.35. The number of rotatable bonds is 11. The van der Waals surface area contributed by atoms with Gasteiger partial charge in [0.15, 0.2) is 5.82 Å². The van der Waals surface area contributed by atoms with E-state index in [1.807, 2.05) is 110 Å². The van der Waals surface area contributed by atoms with Gasteiger partial charge in [0.05, 0.1) is 33.3 Å². The first-order chi connectivity index (χ1) is 19.9. The van der Waals surface area contributed by atoms with Crippen molar-refractivity contribution < 1.29 is 19.3 Å².